The quantitative estimate of drug-likeness (QED) is 0.751. The van der Waals surface area contributed by atoms with E-state index < -0.39 is 17.4 Å². The van der Waals surface area contributed by atoms with Crippen LogP contribution in [0.25, 0.3) is 0 Å². The number of carbonyl (C=O) groups excluding carboxylic acids is 2. The number of methoxy groups -OCH3 is 1. The summed E-state index contributed by atoms with van der Waals surface area (Å²) >= 11 is 0. The van der Waals surface area contributed by atoms with Crippen LogP contribution in [0.4, 0.5) is 5.69 Å². The van der Waals surface area contributed by atoms with Crippen molar-refractivity contribution in [3.63, 3.8) is 0 Å². The second-order valence-electron chi connectivity index (χ2n) is 8.05. The van der Waals surface area contributed by atoms with E-state index in [-0.39, 0.29) is 17.9 Å². The highest BCUT2D eigenvalue weighted by Gasteiger charge is 2.66. The van der Waals surface area contributed by atoms with Crippen molar-refractivity contribution in [3.05, 3.63) is 72.3 Å². The molecule has 2 aromatic carbocycles. The van der Waals surface area contributed by atoms with Gasteiger partial charge in [-0.2, -0.15) is 0 Å². The maximum atomic E-state index is 13.3. The van der Waals surface area contributed by atoms with Crippen LogP contribution in [0, 0.1) is 11.8 Å². The highest BCUT2D eigenvalue weighted by atomic mass is 16.5. The van der Waals surface area contributed by atoms with Crippen molar-refractivity contribution in [1.82, 2.24) is 5.32 Å². The van der Waals surface area contributed by atoms with Gasteiger partial charge in [-0.1, -0.05) is 42.5 Å². The molecule has 1 spiro atoms. The van der Waals surface area contributed by atoms with Gasteiger partial charge in [0.2, 0.25) is 11.8 Å². The average molecular weight is 404 g/mol. The van der Waals surface area contributed by atoms with Crippen LogP contribution < -0.4 is 15.0 Å². The first-order valence-corrected chi connectivity index (χ1v) is 10.3. The molecular weight excluding hydrogens is 380 g/mol. The lowest BCUT2D eigenvalue weighted by atomic mass is 9.77. The Kier molecular flexibility index (Phi) is 4.59. The van der Waals surface area contributed by atoms with Crippen LogP contribution in [-0.2, 0) is 20.7 Å². The molecule has 4 atom stereocenters. The lowest BCUT2D eigenvalue weighted by Crippen LogP contribution is -2.44. The summed E-state index contributed by atoms with van der Waals surface area (Å²) in [5.74, 6) is -0.321. The van der Waals surface area contributed by atoms with Gasteiger partial charge in [0, 0.05) is 12.2 Å². The summed E-state index contributed by atoms with van der Waals surface area (Å²) in [5.41, 5.74) is 1.25. The van der Waals surface area contributed by atoms with Crippen LogP contribution in [0.5, 0.6) is 5.75 Å². The van der Waals surface area contributed by atoms with Gasteiger partial charge in [0.25, 0.3) is 0 Å². The molecule has 2 aromatic rings. The minimum Gasteiger partial charge on any atom is -0.497 e. The van der Waals surface area contributed by atoms with E-state index in [0.717, 1.165) is 17.0 Å². The molecule has 1 N–H and O–H groups in total. The molecule has 0 radical (unpaired) electrons. The Bertz CT molecular complexity index is 988. The fourth-order valence-corrected chi connectivity index (χ4v) is 4.86. The van der Waals surface area contributed by atoms with E-state index in [1.54, 1.807) is 12.0 Å². The van der Waals surface area contributed by atoms with E-state index in [0.29, 0.717) is 19.5 Å². The summed E-state index contributed by atoms with van der Waals surface area (Å²) in [4.78, 5) is 28.0. The number of nitrogens with zero attached hydrogens (tertiary/aromatic N) is 1. The molecule has 2 amide bonds. The maximum Gasteiger partial charge on any atom is 0.234 e. The van der Waals surface area contributed by atoms with Crippen LogP contribution in [0.1, 0.15) is 5.56 Å². The smallest absolute Gasteiger partial charge is 0.234 e. The molecule has 0 saturated carbocycles. The summed E-state index contributed by atoms with van der Waals surface area (Å²) in [6.45, 7) is 0.956. The Balaban J connectivity index is 1.27. The third-order valence-corrected chi connectivity index (χ3v) is 6.34. The van der Waals surface area contributed by atoms with Gasteiger partial charge in [0.05, 0.1) is 31.6 Å². The first-order chi connectivity index (χ1) is 14.6. The number of hydrogen-bond donors (Lipinski definition) is 1. The van der Waals surface area contributed by atoms with Gasteiger partial charge >= 0.3 is 0 Å². The van der Waals surface area contributed by atoms with Crippen LogP contribution in [0.2, 0.25) is 0 Å². The molecule has 154 valence electrons. The van der Waals surface area contributed by atoms with Gasteiger partial charge in [-0.05, 0) is 36.2 Å². The minimum atomic E-state index is -0.699. The zero-order valence-electron chi connectivity index (χ0n) is 16.8. The predicted molar refractivity (Wildman–Crippen MR) is 112 cm³/mol. The monoisotopic (exact) mass is 404 g/mol. The first-order valence-electron chi connectivity index (χ1n) is 10.3. The SMILES string of the molecule is COc1ccc(CCNC(=O)[C@H]2[C@@H]3C=C[C@@]4(CN(c5ccccc5)C(=O)[C@H]24)O3)cc1. The van der Waals surface area contributed by atoms with E-state index in [1.165, 1.54) is 0 Å². The van der Waals surface area contributed by atoms with Crippen LogP contribution in [0.15, 0.2) is 66.7 Å². The molecule has 3 heterocycles. The summed E-state index contributed by atoms with van der Waals surface area (Å²) in [5, 5.41) is 3.02. The van der Waals surface area contributed by atoms with Crippen molar-refractivity contribution in [3.8, 4) is 5.75 Å². The topological polar surface area (TPSA) is 67.9 Å². The van der Waals surface area contributed by atoms with Crippen molar-refractivity contribution in [2.45, 2.75) is 18.1 Å². The lowest BCUT2D eigenvalue weighted by molar-refractivity contribution is -0.131. The molecular formula is C24H24N2O4. The number of anilines is 1. The second kappa shape index (κ2) is 7.29. The standard InChI is InChI=1S/C24H24N2O4/c1-29-18-9-7-16(8-10-18)12-14-25-22(27)20-19-11-13-24(30-19)15-26(23(28)21(20)24)17-5-3-2-4-6-17/h2-11,13,19-21H,12,14-15H2,1H3,(H,25,27)/t19-,20-,21-,24-/m0/s1. The Morgan fingerprint density at radius 1 is 1.20 bits per heavy atom. The minimum absolute atomic E-state index is 0.0386. The molecule has 3 aliphatic rings. The second-order valence-corrected chi connectivity index (χ2v) is 8.05. The summed E-state index contributed by atoms with van der Waals surface area (Å²) in [6, 6.07) is 17.4. The molecule has 6 nitrogen and oxygen atoms in total. The van der Waals surface area contributed by atoms with Gasteiger partial charge in [-0.25, -0.2) is 0 Å². The Labute approximate surface area is 175 Å². The van der Waals surface area contributed by atoms with E-state index in [9.17, 15) is 9.59 Å². The fourth-order valence-electron chi connectivity index (χ4n) is 4.86. The van der Waals surface area contributed by atoms with Gasteiger partial charge in [-0.3, -0.25) is 9.59 Å². The van der Waals surface area contributed by atoms with Crippen molar-refractivity contribution >= 4 is 17.5 Å². The number of rotatable bonds is 6. The first kappa shape index (κ1) is 18.9. The molecule has 2 bridgehead atoms. The molecule has 0 aromatic heterocycles. The maximum absolute atomic E-state index is 13.3. The zero-order chi connectivity index (χ0) is 20.7. The van der Waals surface area contributed by atoms with Crippen LogP contribution in [-0.4, -0.2) is 43.7 Å². The number of carbonyl (C=O) groups is 2. The molecule has 5 rings (SSSR count). The van der Waals surface area contributed by atoms with Crippen LogP contribution in [0.3, 0.4) is 0 Å². The largest absolute Gasteiger partial charge is 0.497 e. The van der Waals surface area contributed by atoms with Gasteiger partial charge < -0.3 is 19.7 Å². The van der Waals surface area contributed by atoms with Crippen molar-refractivity contribution in [2.24, 2.45) is 11.8 Å². The van der Waals surface area contributed by atoms with E-state index in [4.69, 9.17) is 9.47 Å². The molecule has 6 heteroatoms. The number of benzene rings is 2. The molecule has 3 aliphatic heterocycles. The van der Waals surface area contributed by atoms with Crippen LogP contribution >= 0.6 is 0 Å². The number of fused-ring (bicyclic) bond motifs is 1. The number of amides is 2. The predicted octanol–water partition coefficient (Wildman–Crippen LogP) is 2.34. The Morgan fingerprint density at radius 2 is 1.97 bits per heavy atom. The molecule has 2 fully saturated rings. The van der Waals surface area contributed by atoms with E-state index in [2.05, 4.69) is 5.32 Å². The number of nitrogens with one attached hydrogen (secondary N) is 1. The molecule has 30 heavy (non-hydrogen) atoms. The average Bonchev–Trinajstić information content (AvgIpc) is 3.43. The third kappa shape index (κ3) is 2.99. The highest BCUT2D eigenvalue weighted by molar-refractivity contribution is 6.03. The number of para-hydroxylation sites is 1. The van der Waals surface area contributed by atoms with Crippen molar-refractivity contribution in [2.75, 3.05) is 25.1 Å². The van der Waals surface area contributed by atoms with E-state index >= 15 is 0 Å². The molecule has 2 saturated heterocycles. The zero-order valence-corrected chi connectivity index (χ0v) is 16.8. The molecule has 0 aliphatic carbocycles. The Hall–Kier alpha value is -3.12. The lowest BCUT2D eigenvalue weighted by Gasteiger charge is -2.23. The Morgan fingerprint density at radius 3 is 2.70 bits per heavy atom. The normalized spacial score (nSPS) is 28.6. The van der Waals surface area contributed by atoms with Gasteiger partial charge in [0.1, 0.15) is 11.4 Å². The molecule has 0 unspecified atom stereocenters. The number of hydrogen-bond acceptors (Lipinski definition) is 4. The number of ether oxygens (including phenoxy) is 2. The summed E-state index contributed by atoms with van der Waals surface area (Å²) in [7, 11) is 1.64. The summed E-state index contributed by atoms with van der Waals surface area (Å²) < 4.78 is 11.4. The van der Waals surface area contributed by atoms with Gasteiger partial charge in [-0.15, -0.1) is 0 Å². The fraction of sp³-hybridized carbons (Fsp3) is 0.333. The van der Waals surface area contributed by atoms with Gasteiger partial charge in [0.15, 0.2) is 0 Å². The summed E-state index contributed by atoms with van der Waals surface area (Å²) in [6.07, 6.45) is 4.29. The third-order valence-electron chi connectivity index (χ3n) is 6.34. The van der Waals surface area contributed by atoms with Crippen molar-refractivity contribution < 1.29 is 19.1 Å². The van der Waals surface area contributed by atoms with E-state index in [1.807, 2.05) is 66.7 Å². The highest BCUT2D eigenvalue weighted by Crippen LogP contribution is 2.52. The van der Waals surface area contributed by atoms with Crippen molar-refractivity contribution in [1.29, 1.82) is 0 Å².